The van der Waals surface area contributed by atoms with E-state index in [1.165, 1.54) is 47.7 Å². The van der Waals surface area contributed by atoms with Crippen molar-refractivity contribution in [1.29, 1.82) is 0 Å². The first-order valence-electron chi connectivity index (χ1n) is 16.8. The lowest BCUT2D eigenvalue weighted by atomic mass is 9.93. The number of aryl methyl sites for hydroxylation is 3. The first kappa shape index (κ1) is 36.4. The van der Waals surface area contributed by atoms with Crippen molar-refractivity contribution in [2.24, 2.45) is 0 Å². The molecule has 0 fully saturated rings. The number of nitrogens with one attached hydrogen (secondary N) is 2. The first-order valence-corrected chi connectivity index (χ1v) is 19.1. The number of benzene rings is 4. The van der Waals surface area contributed by atoms with Crippen LogP contribution in [0.15, 0.2) is 102 Å². The van der Waals surface area contributed by atoms with Gasteiger partial charge in [0.25, 0.3) is 5.91 Å². The molecule has 0 aliphatic heterocycles. The van der Waals surface area contributed by atoms with Crippen molar-refractivity contribution in [2.45, 2.75) is 56.4 Å². The number of hydrogen-bond acceptors (Lipinski definition) is 7. The zero-order valence-electron chi connectivity index (χ0n) is 28.1. The highest BCUT2D eigenvalue weighted by molar-refractivity contribution is 7.89. The molecule has 266 valence electrons. The smallest absolute Gasteiger partial charge is 0.335 e. The summed E-state index contributed by atoms with van der Waals surface area (Å²) in [6.45, 7) is -0.131. The summed E-state index contributed by atoms with van der Waals surface area (Å²) < 4.78 is 28.8. The van der Waals surface area contributed by atoms with Crippen molar-refractivity contribution in [3.05, 3.63) is 151 Å². The molecule has 1 aromatic heterocycles. The number of ketones is 1. The Morgan fingerprint density at radius 1 is 0.692 bits per heavy atom. The van der Waals surface area contributed by atoms with E-state index in [4.69, 9.17) is 5.11 Å². The molecule has 0 bridgehead atoms. The van der Waals surface area contributed by atoms with Crippen LogP contribution in [0.2, 0.25) is 0 Å². The van der Waals surface area contributed by atoms with Crippen molar-refractivity contribution >= 4 is 50.7 Å². The first-order chi connectivity index (χ1) is 25.0. The summed E-state index contributed by atoms with van der Waals surface area (Å²) >= 11 is 1.47. The number of anilines is 1. The minimum absolute atomic E-state index is 0.0429. The molecular formula is C40H36N2O8S2. The number of aromatic carboxylic acids is 2. The molecule has 1 amide bonds. The zero-order valence-corrected chi connectivity index (χ0v) is 29.7. The maximum Gasteiger partial charge on any atom is 0.335 e. The summed E-state index contributed by atoms with van der Waals surface area (Å²) in [5, 5.41) is 21.4. The van der Waals surface area contributed by atoms with Crippen LogP contribution < -0.4 is 10.0 Å². The number of carboxylic acids is 2. The Morgan fingerprint density at radius 3 is 2.02 bits per heavy atom. The van der Waals surface area contributed by atoms with Crippen LogP contribution in [0.3, 0.4) is 0 Å². The number of carbonyl (C=O) groups is 4. The van der Waals surface area contributed by atoms with Gasteiger partial charge in [-0.25, -0.2) is 22.7 Å². The molecule has 0 spiro atoms. The Kier molecular flexibility index (Phi) is 11.1. The van der Waals surface area contributed by atoms with E-state index in [2.05, 4.69) is 10.0 Å². The number of carbonyl (C=O) groups excluding carboxylic acids is 2. The predicted octanol–water partition coefficient (Wildman–Crippen LogP) is 6.96. The molecular weight excluding hydrogens is 701 g/mol. The van der Waals surface area contributed by atoms with Gasteiger partial charge in [0.2, 0.25) is 10.0 Å². The van der Waals surface area contributed by atoms with Crippen molar-refractivity contribution < 1.29 is 37.8 Å². The summed E-state index contributed by atoms with van der Waals surface area (Å²) in [6, 6.07) is 26.1. The molecule has 1 aliphatic rings. The van der Waals surface area contributed by atoms with Gasteiger partial charge in [-0.2, -0.15) is 0 Å². The molecule has 52 heavy (non-hydrogen) atoms. The van der Waals surface area contributed by atoms with Gasteiger partial charge < -0.3 is 15.5 Å². The number of hydrogen-bond donors (Lipinski definition) is 4. The van der Waals surface area contributed by atoms with Crippen molar-refractivity contribution in [3.63, 3.8) is 0 Å². The van der Waals surface area contributed by atoms with Crippen LogP contribution in [0, 0.1) is 0 Å². The van der Waals surface area contributed by atoms with Gasteiger partial charge in [-0.3, -0.25) is 9.59 Å². The van der Waals surface area contributed by atoms with Gasteiger partial charge in [0.15, 0.2) is 5.78 Å². The lowest BCUT2D eigenvalue weighted by Gasteiger charge is -2.14. The van der Waals surface area contributed by atoms with E-state index in [9.17, 15) is 32.7 Å². The van der Waals surface area contributed by atoms with Gasteiger partial charge in [-0.05, 0) is 109 Å². The van der Waals surface area contributed by atoms with Gasteiger partial charge in [0.1, 0.15) is 0 Å². The summed E-state index contributed by atoms with van der Waals surface area (Å²) in [7, 11) is -4.04. The molecule has 0 unspecified atom stereocenters. The number of fused-ring (bicyclic) bond motifs is 1. The SMILES string of the molecule is O=C(O)c1ccc(CCc2ccc(NC(=O)c3c(CC(=O)c4cccc(S(=O)(=O)NCc5cccc(C(=O)O)c5)c4)sc4c3CCCC4)cc2)cc1. The average Bonchev–Trinajstić information content (AvgIpc) is 3.52. The number of amides is 1. The van der Waals surface area contributed by atoms with E-state index < -0.39 is 22.0 Å². The normalized spacial score (nSPS) is 12.5. The van der Waals surface area contributed by atoms with E-state index in [-0.39, 0.29) is 46.2 Å². The Hall–Kier alpha value is -5.43. The monoisotopic (exact) mass is 736 g/mol. The molecule has 6 rings (SSSR count). The molecule has 0 saturated carbocycles. The molecule has 0 atom stereocenters. The van der Waals surface area contributed by atoms with Gasteiger partial charge in [-0.15, -0.1) is 11.3 Å². The Morgan fingerprint density at radius 2 is 1.33 bits per heavy atom. The van der Waals surface area contributed by atoms with E-state index >= 15 is 0 Å². The third-order valence-electron chi connectivity index (χ3n) is 9.01. The van der Waals surface area contributed by atoms with Gasteiger partial charge in [-0.1, -0.05) is 48.5 Å². The van der Waals surface area contributed by atoms with Crippen LogP contribution in [0.1, 0.15) is 86.3 Å². The second-order valence-corrected chi connectivity index (χ2v) is 15.6. The highest BCUT2D eigenvalue weighted by Crippen LogP contribution is 2.36. The second-order valence-electron chi connectivity index (χ2n) is 12.6. The lowest BCUT2D eigenvalue weighted by molar-refractivity contribution is 0.0686. The lowest BCUT2D eigenvalue weighted by Crippen LogP contribution is -2.23. The molecule has 1 aliphatic carbocycles. The molecule has 10 nitrogen and oxygen atoms in total. The average molecular weight is 737 g/mol. The van der Waals surface area contributed by atoms with Crippen LogP contribution in [0.5, 0.6) is 0 Å². The van der Waals surface area contributed by atoms with E-state index in [1.54, 1.807) is 24.3 Å². The number of carboxylic acid groups (broad SMARTS) is 2. The Labute approximate surface area is 305 Å². The molecule has 4 aromatic carbocycles. The van der Waals surface area contributed by atoms with Crippen LogP contribution in [-0.2, 0) is 48.7 Å². The Balaban J connectivity index is 1.13. The van der Waals surface area contributed by atoms with Crippen LogP contribution in [0.4, 0.5) is 5.69 Å². The summed E-state index contributed by atoms with van der Waals surface area (Å²) in [6.07, 6.45) is 4.93. The molecule has 0 saturated heterocycles. The number of Topliss-reactive ketones (excluding diaryl/α,β-unsaturated/α-hetero) is 1. The fourth-order valence-electron chi connectivity index (χ4n) is 6.22. The quantitative estimate of drug-likeness (QED) is 0.0888. The maximum absolute atomic E-state index is 13.8. The fraction of sp³-hybridized carbons (Fsp3) is 0.200. The predicted molar refractivity (Wildman–Crippen MR) is 198 cm³/mol. The molecule has 4 N–H and O–H groups in total. The zero-order chi connectivity index (χ0) is 36.8. The highest BCUT2D eigenvalue weighted by atomic mass is 32.2. The summed E-state index contributed by atoms with van der Waals surface area (Å²) in [5.74, 6) is -2.69. The van der Waals surface area contributed by atoms with Crippen LogP contribution >= 0.6 is 11.3 Å². The topological polar surface area (TPSA) is 167 Å². The van der Waals surface area contributed by atoms with Gasteiger partial charge in [0, 0.05) is 34.0 Å². The van der Waals surface area contributed by atoms with Gasteiger partial charge >= 0.3 is 11.9 Å². The minimum atomic E-state index is -4.04. The summed E-state index contributed by atoms with van der Waals surface area (Å²) in [4.78, 5) is 51.5. The molecule has 5 aromatic rings. The standard InChI is InChI=1S/C40H36N2O8S2/c43-34(29-6-4-8-32(22-29)52(49,50)41-24-27-5-3-7-30(21-27)40(47)48)23-36-37(33-9-1-2-10-35(33)51-36)38(44)42-31-19-15-26(16-20-31)12-11-25-13-17-28(18-14-25)39(45)46/h3-8,13-22,41H,1-2,9-12,23-24H2,(H,42,44)(H,45,46)(H,47,48). The number of sulfonamides is 1. The van der Waals surface area contributed by atoms with E-state index in [1.807, 2.05) is 36.4 Å². The second kappa shape index (κ2) is 15.9. The highest BCUT2D eigenvalue weighted by Gasteiger charge is 2.27. The van der Waals surface area contributed by atoms with E-state index in [0.29, 0.717) is 21.7 Å². The van der Waals surface area contributed by atoms with Crippen molar-refractivity contribution in [2.75, 3.05) is 5.32 Å². The van der Waals surface area contributed by atoms with Gasteiger partial charge in [0.05, 0.1) is 21.6 Å². The maximum atomic E-state index is 13.8. The molecule has 0 radical (unpaired) electrons. The summed E-state index contributed by atoms with van der Waals surface area (Å²) in [5.41, 5.74) is 5.14. The minimum Gasteiger partial charge on any atom is -0.478 e. The third kappa shape index (κ3) is 8.71. The number of rotatable bonds is 14. The molecule has 12 heteroatoms. The van der Waals surface area contributed by atoms with E-state index in [0.717, 1.165) is 60.1 Å². The number of thiophene rings is 1. The fourth-order valence-corrected chi connectivity index (χ4v) is 8.68. The van der Waals surface area contributed by atoms with Crippen molar-refractivity contribution in [3.8, 4) is 0 Å². The van der Waals surface area contributed by atoms with Crippen molar-refractivity contribution in [1.82, 2.24) is 4.72 Å². The molecule has 1 heterocycles. The Bertz CT molecular complexity index is 2260. The van der Waals surface area contributed by atoms with Crippen LogP contribution in [-0.4, -0.2) is 42.3 Å². The largest absolute Gasteiger partial charge is 0.478 e. The van der Waals surface area contributed by atoms with Crippen LogP contribution in [0.25, 0.3) is 0 Å². The third-order valence-corrected chi connectivity index (χ3v) is 11.7.